The van der Waals surface area contributed by atoms with Crippen molar-refractivity contribution in [2.45, 2.75) is 50.5 Å². The second-order valence-corrected chi connectivity index (χ2v) is 10.2. The number of aliphatic carboxylic acids is 1. The van der Waals surface area contributed by atoms with Gasteiger partial charge in [0.2, 0.25) is 5.91 Å². The molecule has 0 bridgehead atoms. The Balaban J connectivity index is 1.41. The number of alkyl halides is 6. The summed E-state index contributed by atoms with van der Waals surface area (Å²) in [6.45, 7) is 0.903. The Morgan fingerprint density at radius 2 is 1.59 bits per heavy atom. The Kier molecular flexibility index (Phi) is 8.41. The summed E-state index contributed by atoms with van der Waals surface area (Å²) in [5, 5.41) is 12.5. The lowest BCUT2D eigenvalue weighted by atomic mass is 9.91. The Hall–Kier alpha value is -3.97. The van der Waals surface area contributed by atoms with Crippen molar-refractivity contribution < 1.29 is 45.8 Å². The minimum Gasteiger partial charge on any atom is -0.481 e. The van der Waals surface area contributed by atoms with Crippen LogP contribution in [0.15, 0.2) is 36.4 Å². The molecule has 1 atom stereocenters. The fourth-order valence-electron chi connectivity index (χ4n) is 5.34. The first-order valence-corrected chi connectivity index (χ1v) is 12.9. The van der Waals surface area contributed by atoms with Crippen LogP contribution in [0.1, 0.15) is 41.5 Å². The van der Waals surface area contributed by atoms with E-state index in [0.717, 1.165) is 11.3 Å². The number of amides is 3. The van der Waals surface area contributed by atoms with Crippen molar-refractivity contribution in [2.75, 3.05) is 30.7 Å². The van der Waals surface area contributed by atoms with Gasteiger partial charge >= 0.3 is 24.4 Å². The molecule has 2 aromatic rings. The summed E-state index contributed by atoms with van der Waals surface area (Å²) in [4.78, 5) is 40.7. The molecule has 8 nitrogen and oxygen atoms in total. The van der Waals surface area contributed by atoms with Gasteiger partial charge in [-0.3, -0.25) is 9.59 Å². The molecule has 14 heteroatoms. The molecule has 3 amide bonds. The third-order valence-corrected chi connectivity index (χ3v) is 7.50. The number of nitrogens with zero attached hydrogens (tertiary/aromatic N) is 2. The van der Waals surface area contributed by atoms with Gasteiger partial charge in [0.1, 0.15) is 0 Å². The summed E-state index contributed by atoms with van der Waals surface area (Å²) < 4.78 is 80.2. The Morgan fingerprint density at radius 1 is 1.00 bits per heavy atom. The van der Waals surface area contributed by atoms with Crippen LogP contribution >= 0.6 is 0 Å². The summed E-state index contributed by atoms with van der Waals surface area (Å²) in [7, 11) is 0. The standard InChI is InChI=1S/C27H28F6N4O4/c28-26(29,30)19-12-15(13-20(23(19)34)27(31,32)33)11-17(24(39)40)14-22(38)36-8-6-18(7-9-36)37-10-5-16-3-1-2-4-21(16)35-25(37)41/h1-4,12-13,17-18H,5-11,14,34H2,(H,35,41)(H,39,40). The number of hydrogen-bond acceptors (Lipinski definition) is 4. The zero-order chi connectivity index (χ0) is 30.1. The number of carbonyl (C=O) groups is 3. The average Bonchev–Trinajstić information content (AvgIpc) is 3.05. The molecular weight excluding hydrogens is 558 g/mol. The van der Waals surface area contributed by atoms with Gasteiger partial charge in [-0.15, -0.1) is 0 Å². The van der Waals surface area contributed by atoms with Crippen molar-refractivity contribution in [1.82, 2.24) is 9.80 Å². The predicted molar refractivity (Wildman–Crippen MR) is 136 cm³/mol. The topological polar surface area (TPSA) is 116 Å². The lowest BCUT2D eigenvalue weighted by Gasteiger charge is -2.38. The number of carboxylic acids is 1. The van der Waals surface area contributed by atoms with E-state index in [4.69, 9.17) is 5.73 Å². The van der Waals surface area contributed by atoms with Crippen LogP contribution in [0.3, 0.4) is 0 Å². The summed E-state index contributed by atoms with van der Waals surface area (Å²) in [6.07, 6.45) is -10.3. The monoisotopic (exact) mass is 586 g/mol. The number of carbonyl (C=O) groups excluding carboxylic acids is 2. The molecule has 1 fully saturated rings. The highest BCUT2D eigenvalue weighted by atomic mass is 19.4. The number of para-hydroxylation sites is 1. The number of nitrogens with one attached hydrogen (secondary N) is 1. The van der Waals surface area contributed by atoms with Gasteiger partial charge in [0, 0.05) is 37.8 Å². The van der Waals surface area contributed by atoms with Crippen molar-refractivity contribution in [3.8, 4) is 0 Å². The molecule has 1 saturated heterocycles. The summed E-state index contributed by atoms with van der Waals surface area (Å²) in [5.41, 5.74) is 1.40. The van der Waals surface area contributed by atoms with Crippen LogP contribution in [-0.4, -0.2) is 58.5 Å². The Labute approximate surface area is 231 Å². The highest BCUT2D eigenvalue weighted by Gasteiger charge is 2.41. The summed E-state index contributed by atoms with van der Waals surface area (Å²) in [5.74, 6) is -3.69. The van der Waals surface area contributed by atoms with Gasteiger partial charge in [-0.1, -0.05) is 18.2 Å². The number of halogens is 6. The zero-order valence-corrected chi connectivity index (χ0v) is 21.7. The number of fused-ring (bicyclic) bond motifs is 1. The second-order valence-electron chi connectivity index (χ2n) is 10.2. The molecule has 1 unspecified atom stereocenters. The quantitative estimate of drug-likeness (QED) is 0.325. The molecule has 2 aromatic carbocycles. The fourth-order valence-corrected chi connectivity index (χ4v) is 5.34. The molecule has 2 aliphatic rings. The number of nitrogens with two attached hydrogens (primary N) is 1. The number of hydrogen-bond donors (Lipinski definition) is 3. The van der Waals surface area contributed by atoms with Crippen LogP contribution in [0.5, 0.6) is 0 Å². The Morgan fingerprint density at radius 3 is 2.15 bits per heavy atom. The van der Waals surface area contributed by atoms with Gasteiger partial charge in [0.25, 0.3) is 0 Å². The lowest BCUT2D eigenvalue weighted by Crippen LogP contribution is -2.50. The molecule has 222 valence electrons. The number of benzene rings is 2. The molecular formula is C27H28F6N4O4. The minimum atomic E-state index is -5.20. The van der Waals surface area contributed by atoms with Gasteiger partial charge in [0.15, 0.2) is 0 Å². The highest BCUT2D eigenvalue weighted by Crippen LogP contribution is 2.42. The number of rotatable bonds is 6. The van der Waals surface area contributed by atoms with Gasteiger partial charge in [-0.2, -0.15) is 26.3 Å². The SMILES string of the molecule is Nc1c(C(F)(F)F)cc(CC(CC(=O)N2CCC(N3CCc4ccccc4NC3=O)CC2)C(=O)O)cc1C(F)(F)F. The maximum Gasteiger partial charge on any atom is 0.418 e. The van der Waals surface area contributed by atoms with E-state index in [0.29, 0.717) is 37.9 Å². The number of carboxylic acid groups (broad SMARTS) is 1. The number of anilines is 2. The first-order valence-electron chi connectivity index (χ1n) is 12.9. The van der Waals surface area contributed by atoms with E-state index < -0.39 is 65.4 Å². The normalized spacial score (nSPS) is 17.5. The molecule has 0 spiro atoms. The largest absolute Gasteiger partial charge is 0.481 e. The van der Waals surface area contributed by atoms with Crippen molar-refractivity contribution >= 4 is 29.3 Å². The van der Waals surface area contributed by atoms with Crippen LogP contribution in [0, 0.1) is 5.92 Å². The van der Waals surface area contributed by atoms with Gasteiger partial charge in [-0.05, 0) is 55.0 Å². The molecule has 2 heterocycles. The first-order chi connectivity index (χ1) is 19.1. The summed E-state index contributed by atoms with van der Waals surface area (Å²) in [6, 6.07) is 7.80. The molecule has 0 saturated carbocycles. The fraction of sp³-hybridized carbons (Fsp3) is 0.444. The predicted octanol–water partition coefficient (Wildman–Crippen LogP) is 5.02. The Bertz CT molecular complexity index is 1290. The lowest BCUT2D eigenvalue weighted by molar-refractivity contribution is -0.146. The van der Waals surface area contributed by atoms with Crippen molar-refractivity contribution in [3.05, 3.63) is 58.7 Å². The second kappa shape index (κ2) is 11.5. The third kappa shape index (κ3) is 6.85. The van der Waals surface area contributed by atoms with E-state index in [1.54, 1.807) is 4.90 Å². The number of urea groups is 1. The van der Waals surface area contributed by atoms with Gasteiger partial charge < -0.3 is 26.0 Å². The van der Waals surface area contributed by atoms with E-state index in [9.17, 15) is 45.8 Å². The molecule has 41 heavy (non-hydrogen) atoms. The zero-order valence-electron chi connectivity index (χ0n) is 21.7. The molecule has 0 aliphatic carbocycles. The number of likely N-dealkylation sites (tertiary alicyclic amines) is 1. The van der Waals surface area contributed by atoms with Crippen LogP contribution in [0.25, 0.3) is 0 Å². The summed E-state index contributed by atoms with van der Waals surface area (Å²) >= 11 is 0. The maximum atomic E-state index is 13.4. The highest BCUT2D eigenvalue weighted by molar-refractivity contribution is 5.91. The van der Waals surface area contributed by atoms with E-state index in [1.165, 1.54) is 4.90 Å². The van der Waals surface area contributed by atoms with Crippen molar-refractivity contribution in [1.29, 1.82) is 0 Å². The van der Waals surface area contributed by atoms with E-state index >= 15 is 0 Å². The molecule has 0 aromatic heterocycles. The average molecular weight is 587 g/mol. The van der Waals surface area contributed by atoms with Crippen LogP contribution in [0.2, 0.25) is 0 Å². The third-order valence-electron chi connectivity index (χ3n) is 7.50. The van der Waals surface area contributed by atoms with E-state index in [1.807, 2.05) is 24.3 Å². The first kappa shape index (κ1) is 30.0. The van der Waals surface area contributed by atoms with Crippen molar-refractivity contribution in [2.24, 2.45) is 5.92 Å². The smallest absolute Gasteiger partial charge is 0.418 e. The molecule has 4 N–H and O–H groups in total. The minimum absolute atomic E-state index is 0.167. The van der Waals surface area contributed by atoms with Crippen molar-refractivity contribution in [3.63, 3.8) is 0 Å². The van der Waals surface area contributed by atoms with Gasteiger partial charge in [0.05, 0.1) is 22.7 Å². The van der Waals surface area contributed by atoms with E-state index in [2.05, 4.69) is 5.32 Å². The van der Waals surface area contributed by atoms with Crippen LogP contribution in [-0.2, 0) is 34.8 Å². The van der Waals surface area contributed by atoms with Crippen LogP contribution in [0.4, 0.5) is 42.5 Å². The molecule has 2 aliphatic heterocycles. The van der Waals surface area contributed by atoms with E-state index in [-0.39, 0.29) is 25.2 Å². The van der Waals surface area contributed by atoms with Gasteiger partial charge in [-0.25, -0.2) is 4.79 Å². The van der Waals surface area contributed by atoms with Crippen LogP contribution < -0.4 is 11.1 Å². The number of piperidine rings is 1. The molecule has 0 radical (unpaired) electrons. The number of nitrogen functional groups attached to an aromatic ring is 1. The molecule has 4 rings (SSSR count). The maximum absolute atomic E-state index is 13.4.